The van der Waals surface area contributed by atoms with Crippen LogP contribution in [0.1, 0.15) is 12.1 Å². The number of hydrogen-bond acceptors (Lipinski definition) is 5. The van der Waals surface area contributed by atoms with Crippen molar-refractivity contribution in [3.8, 4) is 0 Å². The highest BCUT2D eigenvalue weighted by Crippen LogP contribution is 2.00. The van der Waals surface area contributed by atoms with Crippen molar-refractivity contribution in [3.63, 3.8) is 0 Å². The summed E-state index contributed by atoms with van der Waals surface area (Å²) < 4.78 is 23.6. The Bertz CT molecular complexity index is 648. The monoisotopic (exact) mass is 315 g/mol. The lowest BCUT2D eigenvalue weighted by atomic mass is 10.2. The van der Waals surface area contributed by atoms with Gasteiger partial charge in [0.25, 0.3) is 0 Å². The molecule has 0 radical (unpaired) electrons. The van der Waals surface area contributed by atoms with E-state index in [1.54, 1.807) is 24.0 Å². The van der Waals surface area contributed by atoms with E-state index < -0.39 is 27.8 Å². The van der Waals surface area contributed by atoms with Crippen LogP contribution in [0, 0.1) is 0 Å². The molecular weight excluding hydrogens is 298 g/mol. The minimum atomic E-state index is -3.29. The second kappa shape index (κ2) is 7.02. The van der Waals surface area contributed by atoms with E-state index in [0.29, 0.717) is 5.69 Å². The Labute approximate surface area is 122 Å². The number of rotatable bonds is 7. The van der Waals surface area contributed by atoms with Gasteiger partial charge in [0, 0.05) is 25.6 Å². The van der Waals surface area contributed by atoms with E-state index in [-0.39, 0.29) is 12.2 Å². The first-order valence-electron chi connectivity index (χ1n) is 6.06. The van der Waals surface area contributed by atoms with Crippen molar-refractivity contribution < 1.29 is 23.1 Å². The molecule has 1 aromatic heterocycles. The zero-order valence-electron chi connectivity index (χ0n) is 11.7. The van der Waals surface area contributed by atoms with Gasteiger partial charge in [-0.1, -0.05) is 0 Å². The average molecular weight is 315 g/mol. The summed E-state index contributed by atoms with van der Waals surface area (Å²) in [5.41, 5.74) is 0.674. The first kappa shape index (κ1) is 16.9. The molecule has 0 bridgehead atoms. The zero-order chi connectivity index (χ0) is 16.0. The molecule has 21 heavy (non-hydrogen) atoms. The second-order valence-electron chi connectivity index (χ2n) is 4.53. The topological polar surface area (TPSA) is 118 Å². The van der Waals surface area contributed by atoms with Crippen molar-refractivity contribution in [2.75, 3.05) is 12.0 Å². The number of aromatic nitrogens is 2. The third kappa shape index (κ3) is 6.21. The predicted octanol–water partition coefficient (Wildman–Crippen LogP) is -0.563. The van der Waals surface area contributed by atoms with Gasteiger partial charge in [-0.05, 0) is 18.6 Å². The van der Waals surface area contributed by atoms with Gasteiger partial charge >= 0.3 is 5.97 Å². The quantitative estimate of drug-likeness (QED) is 0.651. The number of hydrogen-bond donors (Lipinski definition) is 2. The van der Waals surface area contributed by atoms with Gasteiger partial charge in [-0.15, -0.1) is 0 Å². The highest BCUT2D eigenvalue weighted by molar-refractivity contribution is 7.90. The van der Waals surface area contributed by atoms with Crippen molar-refractivity contribution in [1.29, 1.82) is 0 Å². The molecule has 0 aliphatic heterocycles. The van der Waals surface area contributed by atoms with Crippen molar-refractivity contribution >= 4 is 27.8 Å². The minimum absolute atomic E-state index is 0.181. The molecule has 1 unspecified atom stereocenters. The summed E-state index contributed by atoms with van der Waals surface area (Å²) >= 11 is 0. The van der Waals surface area contributed by atoms with Crippen LogP contribution in [0.3, 0.4) is 0 Å². The molecule has 1 amide bonds. The summed E-state index contributed by atoms with van der Waals surface area (Å²) in [4.78, 5) is 22.6. The Balaban J connectivity index is 2.63. The van der Waals surface area contributed by atoms with Crippen molar-refractivity contribution in [2.24, 2.45) is 7.05 Å². The maximum Gasteiger partial charge on any atom is 0.326 e. The number of aryl methyl sites for hydroxylation is 1. The first-order chi connectivity index (χ1) is 9.69. The van der Waals surface area contributed by atoms with E-state index in [9.17, 15) is 18.0 Å². The van der Waals surface area contributed by atoms with Gasteiger partial charge < -0.3 is 10.4 Å². The van der Waals surface area contributed by atoms with E-state index in [2.05, 4.69) is 10.4 Å². The minimum Gasteiger partial charge on any atom is -0.480 e. The van der Waals surface area contributed by atoms with Gasteiger partial charge in [-0.25, -0.2) is 13.2 Å². The van der Waals surface area contributed by atoms with Crippen LogP contribution in [0.4, 0.5) is 0 Å². The summed E-state index contributed by atoms with van der Waals surface area (Å²) in [7, 11) is -1.59. The predicted molar refractivity (Wildman–Crippen MR) is 76.1 cm³/mol. The molecule has 1 atom stereocenters. The van der Waals surface area contributed by atoms with E-state index in [0.717, 1.165) is 6.26 Å². The van der Waals surface area contributed by atoms with Crippen molar-refractivity contribution in [3.05, 3.63) is 24.0 Å². The second-order valence-corrected chi connectivity index (χ2v) is 6.79. The van der Waals surface area contributed by atoms with Gasteiger partial charge in [-0.2, -0.15) is 5.10 Å². The number of carboxylic acids is 1. The molecule has 8 nitrogen and oxygen atoms in total. The van der Waals surface area contributed by atoms with E-state index in [4.69, 9.17) is 5.11 Å². The number of carbonyl (C=O) groups is 2. The first-order valence-corrected chi connectivity index (χ1v) is 8.12. The van der Waals surface area contributed by atoms with Crippen molar-refractivity contribution in [1.82, 2.24) is 15.1 Å². The molecule has 0 saturated carbocycles. The molecule has 0 saturated heterocycles. The van der Waals surface area contributed by atoms with Crippen LogP contribution in [0.25, 0.3) is 6.08 Å². The molecule has 0 spiro atoms. The number of nitrogens with zero attached hydrogens (tertiary/aromatic N) is 2. The molecule has 0 aliphatic carbocycles. The molecule has 1 aromatic rings. The Morgan fingerprint density at radius 2 is 2.19 bits per heavy atom. The number of amides is 1. The maximum atomic E-state index is 11.6. The highest BCUT2D eigenvalue weighted by Gasteiger charge is 2.20. The van der Waals surface area contributed by atoms with Crippen molar-refractivity contribution in [2.45, 2.75) is 12.5 Å². The molecule has 1 heterocycles. The Morgan fingerprint density at radius 1 is 1.52 bits per heavy atom. The highest BCUT2D eigenvalue weighted by atomic mass is 32.2. The zero-order valence-corrected chi connectivity index (χ0v) is 12.5. The SMILES string of the molecule is Cn1nccc1/C=C/C(=O)NC(CCS(C)(=O)=O)C(=O)O. The summed E-state index contributed by atoms with van der Waals surface area (Å²) in [5.74, 6) is -2.20. The van der Waals surface area contributed by atoms with E-state index in [1.165, 1.54) is 12.2 Å². The lowest BCUT2D eigenvalue weighted by Crippen LogP contribution is -2.41. The summed E-state index contributed by atoms with van der Waals surface area (Å²) in [5, 5.41) is 15.1. The molecule has 9 heteroatoms. The third-order valence-corrected chi connectivity index (χ3v) is 3.63. The van der Waals surface area contributed by atoms with Crippen LogP contribution in [0.15, 0.2) is 18.3 Å². The van der Waals surface area contributed by atoms with Crippen LogP contribution in [0.2, 0.25) is 0 Å². The molecular formula is C12H17N3O5S. The van der Waals surface area contributed by atoms with Crippen LogP contribution in [0.5, 0.6) is 0 Å². The Kier molecular flexibility index (Phi) is 5.65. The van der Waals surface area contributed by atoms with Gasteiger partial charge in [0.05, 0.1) is 11.4 Å². The lowest BCUT2D eigenvalue weighted by molar-refractivity contribution is -0.141. The van der Waals surface area contributed by atoms with Crippen LogP contribution in [-0.2, 0) is 26.5 Å². The lowest BCUT2D eigenvalue weighted by Gasteiger charge is -2.12. The fourth-order valence-electron chi connectivity index (χ4n) is 1.52. The number of carbonyl (C=O) groups excluding carboxylic acids is 1. The standard InChI is InChI=1S/C12H17N3O5S/c1-15-9(5-7-13-15)3-4-11(16)14-10(12(17)18)6-8-21(2,19)20/h3-5,7,10H,6,8H2,1-2H3,(H,14,16)(H,17,18)/b4-3+. The van der Waals surface area contributed by atoms with Gasteiger partial charge in [-0.3, -0.25) is 9.48 Å². The van der Waals surface area contributed by atoms with E-state index in [1.807, 2.05) is 0 Å². The maximum absolute atomic E-state index is 11.6. The normalized spacial score (nSPS) is 13.2. The molecule has 0 fully saturated rings. The summed E-state index contributed by atoms with van der Waals surface area (Å²) in [6.45, 7) is 0. The molecule has 1 rings (SSSR count). The molecule has 0 aliphatic rings. The average Bonchev–Trinajstić information content (AvgIpc) is 2.76. The Hall–Kier alpha value is -2.16. The van der Waals surface area contributed by atoms with Gasteiger partial charge in [0.2, 0.25) is 5.91 Å². The number of carboxylic acid groups (broad SMARTS) is 1. The van der Waals surface area contributed by atoms with E-state index >= 15 is 0 Å². The molecule has 0 aromatic carbocycles. The van der Waals surface area contributed by atoms with Gasteiger partial charge in [0.15, 0.2) is 0 Å². The summed E-state index contributed by atoms with van der Waals surface area (Å²) in [6, 6.07) is 0.436. The number of aliphatic carboxylic acids is 1. The fraction of sp³-hybridized carbons (Fsp3) is 0.417. The van der Waals surface area contributed by atoms with Crippen LogP contribution < -0.4 is 5.32 Å². The van der Waals surface area contributed by atoms with Crippen LogP contribution >= 0.6 is 0 Å². The number of sulfone groups is 1. The summed E-state index contributed by atoms with van der Waals surface area (Å²) in [6.07, 6.45) is 5.05. The fourth-order valence-corrected chi connectivity index (χ4v) is 2.18. The van der Waals surface area contributed by atoms with Gasteiger partial charge in [0.1, 0.15) is 15.9 Å². The van der Waals surface area contributed by atoms with Crippen LogP contribution in [-0.4, -0.2) is 53.2 Å². The number of nitrogens with one attached hydrogen (secondary N) is 1. The smallest absolute Gasteiger partial charge is 0.326 e. The largest absolute Gasteiger partial charge is 0.480 e. The molecule has 116 valence electrons. The Morgan fingerprint density at radius 3 is 2.67 bits per heavy atom. The molecule has 2 N–H and O–H groups in total. The third-order valence-electron chi connectivity index (χ3n) is 2.66.